The van der Waals surface area contributed by atoms with Crippen LogP contribution in [0.5, 0.6) is 0 Å². The van der Waals surface area contributed by atoms with Crippen LogP contribution in [0.25, 0.3) is 0 Å². The van der Waals surface area contributed by atoms with E-state index in [9.17, 15) is 0 Å². The summed E-state index contributed by atoms with van der Waals surface area (Å²) >= 11 is 0. The van der Waals surface area contributed by atoms with E-state index in [1.54, 1.807) is 0 Å². The molecule has 1 rings (SSSR count). The average molecular weight is 227 g/mol. The third-order valence-corrected chi connectivity index (χ3v) is 3.65. The van der Waals surface area contributed by atoms with Crippen LogP contribution in [0.15, 0.2) is 0 Å². The first-order valence-corrected chi connectivity index (χ1v) is 7.27. The standard InChI is InChI=1S/C14H29NO/c16-13-12-15-14-10-8-6-4-2-1-3-5-7-9-11-14/h14-16H,1-13H2. The molecule has 1 saturated carbocycles. The number of nitrogens with one attached hydrogen (secondary N) is 1. The minimum absolute atomic E-state index is 0.274. The minimum atomic E-state index is 0.274. The predicted molar refractivity (Wildman–Crippen MR) is 69.7 cm³/mol. The number of rotatable bonds is 3. The van der Waals surface area contributed by atoms with E-state index in [0.717, 1.165) is 6.54 Å². The molecular formula is C14H29NO. The van der Waals surface area contributed by atoms with Gasteiger partial charge < -0.3 is 10.4 Å². The minimum Gasteiger partial charge on any atom is -0.395 e. The molecule has 0 aromatic carbocycles. The van der Waals surface area contributed by atoms with Crippen LogP contribution >= 0.6 is 0 Å². The van der Waals surface area contributed by atoms with E-state index in [2.05, 4.69) is 5.32 Å². The summed E-state index contributed by atoms with van der Waals surface area (Å²) in [6, 6.07) is 0.659. The van der Waals surface area contributed by atoms with E-state index in [4.69, 9.17) is 5.11 Å². The Kier molecular flexibility index (Phi) is 8.83. The largest absolute Gasteiger partial charge is 0.395 e. The van der Waals surface area contributed by atoms with Crippen LogP contribution in [-0.4, -0.2) is 24.3 Å². The van der Waals surface area contributed by atoms with Crippen molar-refractivity contribution < 1.29 is 5.11 Å². The van der Waals surface area contributed by atoms with Crippen molar-refractivity contribution in [1.82, 2.24) is 5.32 Å². The topological polar surface area (TPSA) is 32.3 Å². The van der Waals surface area contributed by atoms with Gasteiger partial charge >= 0.3 is 0 Å². The molecule has 0 aromatic heterocycles. The molecule has 0 bridgehead atoms. The molecule has 1 aliphatic carbocycles. The van der Waals surface area contributed by atoms with Gasteiger partial charge in [0.1, 0.15) is 0 Å². The molecular weight excluding hydrogens is 198 g/mol. The normalized spacial score (nSPS) is 22.3. The van der Waals surface area contributed by atoms with Gasteiger partial charge in [-0.1, -0.05) is 57.8 Å². The van der Waals surface area contributed by atoms with E-state index in [-0.39, 0.29) is 6.61 Å². The van der Waals surface area contributed by atoms with Gasteiger partial charge in [0.05, 0.1) is 6.61 Å². The fourth-order valence-corrected chi connectivity index (χ4v) is 2.64. The Morgan fingerprint density at radius 3 is 1.62 bits per heavy atom. The summed E-state index contributed by atoms with van der Waals surface area (Å²) in [4.78, 5) is 0. The molecule has 2 N–H and O–H groups in total. The van der Waals surface area contributed by atoms with Gasteiger partial charge in [0, 0.05) is 12.6 Å². The smallest absolute Gasteiger partial charge is 0.0556 e. The summed E-state index contributed by atoms with van der Waals surface area (Å²) < 4.78 is 0. The van der Waals surface area contributed by atoms with Gasteiger partial charge in [-0.15, -0.1) is 0 Å². The lowest BCUT2D eigenvalue weighted by Crippen LogP contribution is -2.31. The van der Waals surface area contributed by atoms with Crippen LogP contribution in [0, 0.1) is 0 Å². The van der Waals surface area contributed by atoms with Gasteiger partial charge in [0.2, 0.25) is 0 Å². The van der Waals surface area contributed by atoms with Crippen LogP contribution in [0.1, 0.15) is 70.6 Å². The van der Waals surface area contributed by atoms with Crippen LogP contribution < -0.4 is 5.32 Å². The Balaban J connectivity index is 2.19. The molecule has 0 aliphatic heterocycles. The second kappa shape index (κ2) is 10.1. The van der Waals surface area contributed by atoms with Crippen molar-refractivity contribution in [2.45, 2.75) is 76.7 Å². The maximum Gasteiger partial charge on any atom is 0.0556 e. The Morgan fingerprint density at radius 1 is 0.750 bits per heavy atom. The maximum absolute atomic E-state index is 8.84. The molecule has 0 radical (unpaired) electrons. The third-order valence-electron chi connectivity index (χ3n) is 3.65. The second-order valence-electron chi connectivity index (χ2n) is 5.13. The summed E-state index contributed by atoms with van der Waals surface area (Å²) in [6.45, 7) is 1.04. The molecule has 16 heavy (non-hydrogen) atoms. The molecule has 1 fully saturated rings. The van der Waals surface area contributed by atoms with Gasteiger partial charge in [0.25, 0.3) is 0 Å². The van der Waals surface area contributed by atoms with Crippen molar-refractivity contribution in [3.05, 3.63) is 0 Å². The van der Waals surface area contributed by atoms with Gasteiger partial charge in [0.15, 0.2) is 0 Å². The quantitative estimate of drug-likeness (QED) is 0.776. The summed E-state index contributed by atoms with van der Waals surface area (Å²) in [5.41, 5.74) is 0. The number of aliphatic hydroxyl groups excluding tert-OH is 1. The van der Waals surface area contributed by atoms with Gasteiger partial charge in [-0.2, -0.15) is 0 Å². The van der Waals surface area contributed by atoms with E-state index >= 15 is 0 Å². The van der Waals surface area contributed by atoms with Gasteiger partial charge in [-0.3, -0.25) is 0 Å². The zero-order valence-electron chi connectivity index (χ0n) is 10.7. The molecule has 0 atom stereocenters. The number of hydrogen-bond donors (Lipinski definition) is 2. The average Bonchev–Trinajstić information content (AvgIpc) is 2.28. The molecule has 0 aromatic rings. The van der Waals surface area contributed by atoms with Crippen molar-refractivity contribution in [2.75, 3.05) is 13.2 Å². The fraction of sp³-hybridized carbons (Fsp3) is 1.00. The first kappa shape index (κ1) is 14.0. The lowest BCUT2D eigenvalue weighted by molar-refractivity contribution is 0.277. The van der Waals surface area contributed by atoms with Gasteiger partial charge in [-0.05, 0) is 12.8 Å². The molecule has 1 aliphatic rings. The summed E-state index contributed by atoms with van der Waals surface area (Å²) in [7, 11) is 0. The van der Waals surface area contributed by atoms with E-state index in [1.165, 1.54) is 70.6 Å². The SMILES string of the molecule is OCCNC1CCCCCCCCCCC1. The monoisotopic (exact) mass is 227 g/mol. The summed E-state index contributed by atoms with van der Waals surface area (Å²) in [5, 5.41) is 12.3. The van der Waals surface area contributed by atoms with Gasteiger partial charge in [-0.25, -0.2) is 0 Å². The Bertz CT molecular complexity index is 138. The molecule has 0 spiro atoms. The third kappa shape index (κ3) is 7.24. The molecule has 0 saturated heterocycles. The highest BCUT2D eigenvalue weighted by atomic mass is 16.3. The lowest BCUT2D eigenvalue weighted by atomic mass is 9.98. The van der Waals surface area contributed by atoms with Crippen molar-refractivity contribution in [1.29, 1.82) is 0 Å². The Hall–Kier alpha value is -0.0800. The first-order valence-electron chi connectivity index (χ1n) is 7.27. The molecule has 2 heteroatoms. The number of hydrogen-bond acceptors (Lipinski definition) is 2. The Labute approximate surface area is 101 Å². The van der Waals surface area contributed by atoms with E-state index < -0.39 is 0 Å². The van der Waals surface area contributed by atoms with Crippen molar-refractivity contribution in [3.63, 3.8) is 0 Å². The lowest BCUT2D eigenvalue weighted by Gasteiger charge is -2.18. The van der Waals surface area contributed by atoms with E-state index in [0.29, 0.717) is 6.04 Å². The van der Waals surface area contributed by atoms with Crippen LogP contribution in [-0.2, 0) is 0 Å². The zero-order valence-corrected chi connectivity index (χ0v) is 10.7. The fourth-order valence-electron chi connectivity index (χ4n) is 2.64. The van der Waals surface area contributed by atoms with Crippen molar-refractivity contribution >= 4 is 0 Å². The zero-order chi connectivity index (χ0) is 11.5. The highest BCUT2D eigenvalue weighted by molar-refractivity contribution is 4.67. The second-order valence-corrected chi connectivity index (χ2v) is 5.13. The first-order chi connectivity index (χ1) is 7.93. The maximum atomic E-state index is 8.84. The van der Waals surface area contributed by atoms with Crippen LogP contribution in [0.4, 0.5) is 0 Å². The molecule has 2 nitrogen and oxygen atoms in total. The van der Waals surface area contributed by atoms with E-state index in [1.807, 2.05) is 0 Å². The van der Waals surface area contributed by atoms with Crippen LogP contribution in [0.3, 0.4) is 0 Å². The number of aliphatic hydroxyl groups is 1. The summed E-state index contributed by atoms with van der Waals surface area (Å²) in [6.07, 6.45) is 15.3. The summed E-state index contributed by atoms with van der Waals surface area (Å²) in [5.74, 6) is 0. The molecule has 0 amide bonds. The highest BCUT2D eigenvalue weighted by Gasteiger charge is 2.07. The molecule has 0 heterocycles. The van der Waals surface area contributed by atoms with Crippen molar-refractivity contribution in [2.24, 2.45) is 0 Å². The molecule has 0 unspecified atom stereocenters. The molecule has 96 valence electrons. The Morgan fingerprint density at radius 2 is 1.19 bits per heavy atom. The van der Waals surface area contributed by atoms with Crippen molar-refractivity contribution in [3.8, 4) is 0 Å². The predicted octanol–water partition coefficient (Wildman–Crippen LogP) is 3.24. The van der Waals surface area contributed by atoms with Crippen LogP contribution in [0.2, 0.25) is 0 Å². The highest BCUT2D eigenvalue weighted by Crippen LogP contribution is 2.16.